The van der Waals surface area contributed by atoms with Crippen molar-refractivity contribution in [2.75, 3.05) is 37.6 Å². The van der Waals surface area contributed by atoms with Gasteiger partial charge < -0.3 is 10.2 Å². The van der Waals surface area contributed by atoms with E-state index in [4.69, 9.17) is 4.98 Å². The number of benzene rings is 1. The zero-order valence-corrected chi connectivity index (χ0v) is 16.5. The second-order valence-corrected chi connectivity index (χ2v) is 9.18. The Labute approximate surface area is 161 Å². The van der Waals surface area contributed by atoms with Crippen molar-refractivity contribution in [1.82, 2.24) is 14.6 Å². The van der Waals surface area contributed by atoms with Gasteiger partial charge in [-0.1, -0.05) is 18.2 Å². The maximum atomic E-state index is 12.8. The summed E-state index contributed by atoms with van der Waals surface area (Å²) in [7, 11) is -3.41. The first-order valence-electron chi connectivity index (χ1n) is 9.56. The summed E-state index contributed by atoms with van der Waals surface area (Å²) >= 11 is 0. The van der Waals surface area contributed by atoms with Crippen LogP contribution in [0.4, 0.5) is 5.69 Å². The van der Waals surface area contributed by atoms with Gasteiger partial charge in [-0.15, -0.1) is 0 Å². The van der Waals surface area contributed by atoms with Gasteiger partial charge in [0.05, 0.1) is 10.6 Å². The minimum absolute atomic E-state index is 0.336. The van der Waals surface area contributed by atoms with Crippen LogP contribution >= 0.6 is 0 Å². The summed E-state index contributed by atoms with van der Waals surface area (Å²) in [4.78, 5) is 7.35. The standard InChI is InChI=1S/C20H26N4O2S/c1-16-14-17(15-20(22-16)19-8-5-9-21-19)23-10-12-24(13-11-23)27(25,26)18-6-3-2-4-7-18/h2-4,6-7,14-15,19,21H,5,8-13H2,1H3/t19-/m0/s1. The van der Waals surface area contributed by atoms with Crippen molar-refractivity contribution in [3.8, 4) is 0 Å². The second kappa shape index (κ2) is 7.58. The fourth-order valence-corrected chi connectivity index (χ4v) is 5.34. The van der Waals surface area contributed by atoms with Crippen molar-refractivity contribution in [2.24, 2.45) is 0 Å². The number of rotatable bonds is 4. The third-order valence-corrected chi connectivity index (χ3v) is 7.27. The molecule has 3 heterocycles. The number of aromatic nitrogens is 1. The molecule has 1 aromatic carbocycles. The minimum Gasteiger partial charge on any atom is -0.369 e. The highest BCUT2D eigenvalue weighted by molar-refractivity contribution is 7.89. The lowest BCUT2D eigenvalue weighted by Crippen LogP contribution is -2.48. The smallest absolute Gasteiger partial charge is 0.243 e. The molecule has 0 saturated carbocycles. The third kappa shape index (κ3) is 3.85. The second-order valence-electron chi connectivity index (χ2n) is 7.24. The topological polar surface area (TPSA) is 65.5 Å². The Bertz CT molecular complexity index is 887. The van der Waals surface area contributed by atoms with E-state index >= 15 is 0 Å². The fraction of sp³-hybridized carbons (Fsp3) is 0.450. The van der Waals surface area contributed by atoms with E-state index in [1.807, 2.05) is 13.0 Å². The van der Waals surface area contributed by atoms with E-state index in [-0.39, 0.29) is 0 Å². The van der Waals surface area contributed by atoms with E-state index in [9.17, 15) is 8.42 Å². The monoisotopic (exact) mass is 386 g/mol. The van der Waals surface area contributed by atoms with Crippen LogP contribution in [0.1, 0.15) is 30.3 Å². The first kappa shape index (κ1) is 18.4. The van der Waals surface area contributed by atoms with E-state index < -0.39 is 10.0 Å². The molecule has 0 aliphatic carbocycles. The van der Waals surface area contributed by atoms with Gasteiger partial charge in [0, 0.05) is 43.6 Å². The number of hydrogen-bond acceptors (Lipinski definition) is 5. The predicted molar refractivity (Wildman–Crippen MR) is 106 cm³/mol. The Kier molecular flexibility index (Phi) is 5.16. The summed E-state index contributed by atoms with van der Waals surface area (Å²) in [6.45, 7) is 5.44. The van der Waals surface area contributed by atoms with Crippen molar-refractivity contribution in [1.29, 1.82) is 0 Å². The van der Waals surface area contributed by atoms with Gasteiger partial charge in [0.15, 0.2) is 0 Å². The molecular formula is C20H26N4O2S. The molecule has 144 valence electrons. The third-order valence-electron chi connectivity index (χ3n) is 5.36. The molecule has 0 radical (unpaired) electrons. The average molecular weight is 387 g/mol. The summed E-state index contributed by atoms with van der Waals surface area (Å²) in [5, 5.41) is 3.51. The summed E-state index contributed by atoms with van der Waals surface area (Å²) < 4.78 is 27.2. The molecule has 0 unspecified atom stereocenters. The van der Waals surface area contributed by atoms with Crippen LogP contribution < -0.4 is 10.2 Å². The highest BCUT2D eigenvalue weighted by Crippen LogP contribution is 2.27. The summed E-state index contributed by atoms with van der Waals surface area (Å²) in [6, 6.07) is 13.3. The van der Waals surface area contributed by atoms with E-state index in [1.54, 1.807) is 28.6 Å². The van der Waals surface area contributed by atoms with Gasteiger partial charge in [-0.25, -0.2) is 8.42 Å². The van der Waals surface area contributed by atoms with Crippen LogP contribution in [0, 0.1) is 6.92 Å². The number of nitrogens with one attached hydrogen (secondary N) is 1. The molecule has 7 heteroatoms. The molecule has 27 heavy (non-hydrogen) atoms. The largest absolute Gasteiger partial charge is 0.369 e. The molecule has 2 saturated heterocycles. The molecule has 2 fully saturated rings. The van der Waals surface area contributed by atoms with Crippen molar-refractivity contribution >= 4 is 15.7 Å². The Hall–Kier alpha value is -1.96. The molecule has 0 spiro atoms. The van der Waals surface area contributed by atoms with Crippen LogP contribution in [0.5, 0.6) is 0 Å². The summed E-state index contributed by atoms with van der Waals surface area (Å²) in [6.07, 6.45) is 2.31. The van der Waals surface area contributed by atoms with Crippen LogP contribution in [-0.4, -0.2) is 50.4 Å². The van der Waals surface area contributed by atoms with Crippen LogP contribution in [0.15, 0.2) is 47.4 Å². The highest BCUT2D eigenvalue weighted by Gasteiger charge is 2.29. The number of piperazine rings is 1. The number of sulfonamides is 1. The van der Waals surface area contributed by atoms with E-state index in [1.165, 1.54) is 6.42 Å². The van der Waals surface area contributed by atoms with Gasteiger partial charge >= 0.3 is 0 Å². The van der Waals surface area contributed by atoms with Gasteiger partial charge in [-0.05, 0) is 50.6 Å². The van der Waals surface area contributed by atoms with Crippen molar-refractivity contribution < 1.29 is 8.42 Å². The fourth-order valence-electron chi connectivity index (χ4n) is 3.90. The maximum Gasteiger partial charge on any atom is 0.243 e. The molecule has 0 bridgehead atoms. The Balaban J connectivity index is 1.48. The first-order chi connectivity index (χ1) is 13.0. The van der Waals surface area contributed by atoms with Gasteiger partial charge in [-0.2, -0.15) is 4.31 Å². The lowest BCUT2D eigenvalue weighted by atomic mass is 10.1. The molecule has 1 atom stereocenters. The van der Waals surface area contributed by atoms with E-state index in [2.05, 4.69) is 22.3 Å². The predicted octanol–water partition coefficient (Wildman–Crippen LogP) is 2.33. The molecule has 2 aliphatic rings. The zero-order chi connectivity index (χ0) is 18.9. The quantitative estimate of drug-likeness (QED) is 0.874. The molecular weight excluding hydrogens is 360 g/mol. The Morgan fingerprint density at radius 3 is 2.48 bits per heavy atom. The number of nitrogens with zero attached hydrogens (tertiary/aromatic N) is 3. The van der Waals surface area contributed by atoms with Gasteiger partial charge in [-0.3, -0.25) is 4.98 Å². The molecule has 1 N–H and O–H groups in total. The molecule has 2 aromatic rings. The van der Waals surface area contributed by atoms with Gasteiger partial charge in [0.2, 0.25) is 10.0 Å². The van der Waals surface area contributed by atoms with Crippen LogP contribution in [-0.2, 0) is 10.0 Å². The first-order valence-corrected chi connectivity index (χ1v) is 11.0. The number of hydrogen-bond donors (Lipinski definition) is 1. The van der Waals surface area contributed by atoms with Gasteiger partial charge in [0.1, 0.15) is 0 Å². The number of anilines is 1. The van der Waals surface area contributed by atoms with E-state index in [0.717, 1.165) is 30.0 Å². The molecule has 4 rings (SSSR count). The lowest BCUT2D eigenvalue weighted by molar-refractivity contribution is 0.385. The Morgan fingerprint density at radius 2 is 1.81 bits per heavy atom. The number of pyridine rings is 1. The van der Waals surface area contributed by atoms with E-state index in [0.29, 0.717) is 37.1 Å². The van der Waals surface area contributed by atoms with Crippen molar-refractivity contribution in [2.45, 2.75) is 30.7 Å². The van der Waals surface area contributed by atoms with Crippen molar-refractivity contribution in [3.63, 3.8) is 0 Å². The number of aryl methyl sites for hydroxylation is 1. The molecule has 6 nitrogen and oxygen atoms in total. The summed E-state index contributed by atoms with van der Waals surface area (Å²) in [5.74, 6) is 0. The Morgan fingerprint density at radius 1 is 1.07 bits per heavy atom. The molecule has 0 amide bonds. The van der Waals surface area contributed by atoms with Crippen molar-refractivity contribution in [3.05, 3.63) is 53.9 Å². The van der Waals surface area contributed by atoms with Crippen LogP contribution in [0.25, 0.3) is 0 Å². The molecule has 2 aliphatic heterocycles. The molecule has 1 aromatic heterocycles. The maximum absolute atomic E-state index is 12.8. The highest BCUT2D eigenvalue weighted by atomic mass is 32.2. The average Bonchev–Trinajstić information content (AvgIpc) is 3.23. The summed E-state index contributed by atoms with van der Waals surface area (Å²) in [5.41, 5.74) is 3.25. The van der Waals surface area contributed by atoms with Crippen LogP contribution in [0.3, 0.4) is 0 Å². The lowest BCUT2D eigenvalue weighted by Gasteiger charge is -2.35. The van der Waals surface area contributed by atoms with Gasteiger partial charge in [0.25, 0.3) is 0 Å². The SMILES string of the molecule is Cc1cc(N2CCN(S(=O)(=O)c3ccccc3)CC2)cc([C@@H]2CCCN2)n1. The minimum atomic E-state index is -3.41. The zero-order valence-electron chi connectivity index (χ0n) is 15.6. The normalized spacial score (nSPS) is 21.5. The van der Waals surface area contributed by atoms with Crippen LogP contribution in [0.2, 0.25) is 0 Å².